The Kier molecular flexibility index (Phi) is 6.64. The molecule has 1 aromatic rings. The van der Waals surface area contributed by atoms with E-state index in [1.165, 1.54) is 6.07 Å². The highest BCUT2D eigenvalue weighted by atomic mass is 16.5. The summed E-state index contributed by atoms with van der Waals surface area (Å²) in [5.74, 6) is -1.10. The third kappa shape index (κ3) is 4.90. The van der Waals surface area contributed by atoms with Crippen molar-refractivity contribution >= 4 is 18.0 Å². The molecular formula is C18H22N2O7. The molecule has 146 valence electrons. The average molecular weight is 378 g/mol. The second-order valence-electron chi connectivity index (χ2n) is 5.61. The number of nitrogens with one attached hydrogen (secondary N) is 2. The lowest BCUT2D eigenvalue weighted by molar-refractivity contribution is -0.140. The average Bonchev–Trinajstić information content (AvgIpc) is 2.60. The minimum absolute atomic E-state index is 0.197. The quantitative estimate of drug-likeness (QED) is 0.589. The summed E-state index contributed by atoms with van der Waals surface area (Å²) in [6, 6.07) is 3.57. The van der Waals surface area contributed by atoms with Crippen LogP contribution >= 0.6 is 0 Å². The van der Waals surface area contributed by atoms with Gasteiger partial charge in [-0.15, -0.1) is 0 Å². The summed E-state index contributed by atoms with van der Waals surface area (Å²) in [6.07, 6.45) is 0. The normalized spacial score (nSPS) is 16.3. The van der Waals surface area contributed by atoms with Crippen LogP contribution in [0.1, 0.15) is 32.4 Å². The van der Waals surface area contributed by atoms with E-state index in [2.05, 4.69) is 10.6 Å². The summed E-state index contributed by atoms with van der Waals surface area (Å²) in [5.41, 5.74) is 1.24. The Balaban J connectivity index is 2.42. The molecule has 0 bridgehead atoms. The first-order chi connectivity index (χ1) is 12.9. The van der Waals surface area contributed by atoms with Gasteiger partial charge in [-0.2, -0.15) is 0 Å². The van der Waals surface area contributed by atoms with E-state index in [1.807, 2.05) is 0 Å². The number of ether oxygens (including phenoxy) is 3. The molecule has 0 aromatic heterocycles. The Hall–Kier alpha value is -3.23. The van der Waals surface area contributed by atoms with Crippen LogP contribution in [0.3, 0.4) is 0 Å². The van der Waals surface area contributed by atoms with Crippen LogP contribution in [0.5, 0.6) is 11.5 Å². The molecule has 0 spiro atoms. The van der Waals surface area contributed by atoms with E-state index in [-0.39, 0.29) is 17.9 Å². The van der Waals surface area contributed by atoms with Gasteiger partial charge in [0, 0.05) is 5.70 Å². The summed E-state index contributed by atoms with van der Waals surface area (Å²) >= 11 is 0. The van der Waals surface area contributed by atoms with Gasteiger partial charge in [0.15, 0.2) is 18.1 Å². The molecule has 1 aliphatic rings. The number of carbonyl (C=O) groups is 3. The molecule has 9 heteroatoms. The molecule has 27 heavy (non-hydrogen) atoms. The SMILES string of the molecule is CCOC(=O)C1=C(C)NC(=O)N[C@@H]1c1ccc(OCC(=O)O)c(OCC)c1. The number of carbonyl (C=O) groups excluding carboxylic acids is 2. The van der Waals surface area contributed by atoms with Crippen LogP contribution in [-0.2, 0) is 14.3 Å². The second kappa shape index (κ2) is 8.93. The Morgan fingerprint density at radius 3 is 2.52 bits per heavy atom. The molecule has 1 heterocycles. The number of carboxylic acid groups (broad SMARTS) is 1. The van der Waals surface area contributed by atoms with Gasteiger partial charge in [0.25, 0.3) is 0 Å². The molecule has 1 atom stereocenters. The fourth-order valence-electron chi connectivity index (χ4n) is 2.65. The van der Waals surface area contributed by atoms with Crippen LogP contribution in [0, 0.1) is 0 Å². The number of esters is 1. The van der Waals surface area contributed by atoms with Crippen LogP contribution < -0.4 is 20.1 Å². The smallest absolute Gasteiger partial charge is 0.341 e. The largest absolute Gasteiger partial charge is 0.490 e. The molecule has 2 rings (SSSR count). The maximum atomic E-state index is 12.4. The van der Waals surface area contributed by atoms with E-state index in [0.717, 1.165) is 0 Å². The lowest BCUT2D eigenvalue weighted by Gasteiger charge is -2.28. The standard InChI is InChI=1S/C18H22N2O7/c1-4-25-13-8-11(6-7-12(13)27-9-14(21)22)16-15(17(23)26-5-2)10(3)19-18(24)20-16/h6-8,16H,4-5,9H2,1-3H3,(H,21,22)(H2,19,20,24)/t16-/m1/s1. The summed E-state index contributed by atoms with van der Waals surface area (Å²) in [7, 11) is 0. The minimum atomic E-state index is -1.12. The number of hydrogen-bond donors (Lipinski definition) is 3. The summed E-state index contributed by atoms with van der Waals surface area (Å²) < 4.78 is 15.8. The van der Waals surface area contributed by atoms with Crippen molar-refractivity contribution in [2.24, 2.45) is 0 Å². The lowest BCUT2D eigenvalue weighted by Crippen LogP contribution is -2.45. The van der Waals surface area contributed by atoms with Crippen molar-refractivity contribution in [3.05, 3.63) is 35.0 Å². The van der Waals surface area contributed by atoms with Crippen molar-refractivity contribution in [3.8, 4) is 11.5 Å². The van der Waals surface area contributed by atoms with Crippen molar-refractivity contribution in [1.29, 1.82) is 0 Å². The topological polar surface area (TPSA) is 123 Å². The molecular weight excluding hydrogens is 356 g/mol. The van der Waals surface area contributed by atoms with Crippen molar-refractivity contribution in [1.82, 2.24) is 10.6 Å². The highest BCUT2D eigenvalue weighted by molar-refractivity contribution is 5.95. The van der Waals surface area contributed by atoms with Gasteiger partial charge >= 0.3 is 18.0 Å². The van der Waals surface area contributed by atoms with E-state index >= 15 is 0 Å². The number of allylic oxidation sites excluding steroid dienone is 1. The van der Waals surface area contributed by atoms with E-state index in [1.54, 1.807) is 32.9 Å². The van der Waals surface area contributed by atoms with Crippen molar-refractivity contribution in [2.45, 2.75) is 26.8 Å². The first kappa shape index (κ1) is 20.1. The van der Waals surface area contributed by atoms with Crippen LogP contribution in [0.4, 0.5) is 4.79 Å². The third-order valence-corrected chi connectivity index (χ3v) is 3.72. The van der Waals surface area contributed by atoms with Gasteiger partial charge in [0.2, 0.25) is 0 Å². The fraction of sp³-hybridized carbons (Fsp3) is 0.389. The first-order valence-electron chi connectivity index (χ1n) is 8.44. The summed E-state index contributed by atoms with van der Waals surface area (Å²) in [5, 5.41) is 14.0. The molecule has 0 saturated carbocycles. The Labute approximate surface area is 156 Å². The zero-order valence-electron chi connectivity index (χ0n) is 15.3. The molecule has 3 N–H and O–H groups in total. The number of amides is 2. The fourth-order valence-corrected chi connectivity index (χ4v) is 2.65. The number of rotatable bonds is 8. The molecule has 1 aromatic carbocycles. The summed E-state index contributed by atoms with van der Waals surface area (Å²) in [6.45, 7) is 5.09. The highest BCUT2D eigenvalue weighted by Crippen LogP contribution is 2.34. The third-order valence-electron chi connectivity index (χ3n) is 3.72. The second-order valence-corrected chi connectivity index (χ2v) is 5.61. The number of benzene rings is 1. The van der Waals surface area contributed by atoms with Crippen LogP contribution in [0.2, 0.25) is 0 Å². The number of urea groups is 1. The van der Waals surface area contributed by atoms with Gasteiger partial charge in [-0.25, -0.2) is 14.4 Å². The zero-order chi connectivity index (χ0) is 20.0. The van der Waals surface area contributed by atoms with Crippen molar-refractivity contribution < 1.29 is 33.7 Å². The summed E-state index contributed by atoms with van der Waals surface area (Å²) in [4.78, 5) is 35.0. The number of hydrogen-bond acceptors (Lipinski definition) is 6. The van der Waals surface area contributed by atoms with Crippen molar-refractivity contribution in [3.63, 3.8) is 0 Å². The molecule has 1 aliphatic heterocycles. The molecule has 0 aliphatic carbocycles. The zero-order valence-corrected chi connectivity index (χ0v) is 15.3. The van der Waals surface area contributed by atoms with Gasteiger partial charge in [0.05, 0.1) is 24.8 Å². The molecule has 0 saturated heterocycles. The number of aliphatic carboxylic acids is 1. The molecule has 0 fully saturated rings. The van der Waals surface area contributed by atoms with Gasteiger partial charge in [-0.1, -0.05) is 6.07 Å². The molecule has 0 radical (unpaired) electrons. The van der Waals surface area contributed by atoms with Gasteiger partial charge in [-0.3, -0.25) is 0 Å². The minimum Gasteiger partial charge on any atom is -0.490 e. The first-order valence-corrected chi connectivity index (χ1v) is 8.44. The highest BCUT2D eigenvalue weighted by Gasteiger charge is 2.32. The van der Waals surface area contributed by atoms with Gasteiger partial charge in [0.1, 0.15) is 0 Å². The lowest BCUT2D eigenvalue weighted by atomic mass is 9.95. The Morgan fingerprint density at radius 1 is 1.15 bits per heavy atom. The van der Waals surface area contributed by atoms with E-state index in [9.17, 15) is 14.4 Å². The Morgan fingerprint density at radius 2 is 1.89 bits per heavy atom. The maximum Gasteiger partial charge on any atom is 0.341 e. The van der Waals surface area contributed by atoms with Crippen LogP contribution in [0.25, 0.3) is 0 Å². The molecule has 0 unspecified atom stereocenters. The van der Waals surface area contributed by atoms with Gasteiger partial charge in [-0.05, 0) is 38.5 Å². The predicted molar refractivity (Wildman–Crippen MR) is 94.5 cm³/mol. The van der Waals surface area contributed by atoms with E-state index in [4.69, 9.17) is 19.3 Å². The maximum absolute atomic E-state index is 12.4. The molecule has 9 nitrogen and oxygen atoms in total. The van der Waals surface area contributed by atoms with Crippen molar-refractivity contribution in [2.75, 3.05) is 19.8 Å². The van der Waals surface area contributed by atoms with Gasteiger partial charge < -0.3 is 30.0 Å². The molecule has 2 amide bonds. The van der Waals surface area contributed by atoms with Crippen LogP contribution in [-0.4, -0.2) is 42.9 Å². The monoisotopic (exact) mass is 378 g/mol. The van der Waals surface area contributed by atoms with Crippen LogP contribution in [0.15, 0.2) is 29.5 Å². The Bertz CT molecular complexity index is 773. The van der Waals surface area contributed by atoms with E-state index < -0.39 is 30.6 Å². The predicted octanol–water partition coefficient (Wildman–Crippen LogP) is 1.74. The van der Waals surface area contributed by atoms with E-state index in [0.29, 0.717) is 23.6 Å². The number of carboxylic acids is 1.